The van der Waals surface area contributed by atoms with E-state index in [-0.39, 0.29) is 0 Å². The van der Waals surface area contributed by atoms with Crippen LogP contribution in [0.15, 0.2) is 23.2 Å². The van der Waals surface area contributed by atoms with Crippen molar-refractivity contribution in [2.45, 2.75) is 6.29 Å². The quantitative estimate of drug-likeness (QED) is 0.352. The molecule has 1 heterocycles. The van der Waals surface area contributed by atoms with E-state index in [4.69, 9.17) is 20.4 Å². The summed E-state index contributed by atoms with van der Waals surface area (Å²) < 4.78 is 4.30. The highest BCUT2D eigenvalue weighted by molar-refractivity contribution is 5.25. The van der Waals surface area contributed by atoms with Gasteiger partial charge in [0.1, 0.15) is 0 Å². The molecule has 68 valence electrons. The fourth-order valence-electron chi connectivity index (χ4n) is 0.639. The summed E-state index contributed by atoms with van der Waals surface area (Å²) in [6, 6.07) is 0. The van der Waals surface area contributed by atoms with Crippen LogP contribution in [0.3, 0.4) is 0 Å². The van der Waals surface area contributed by atoms with Gasteiger partial charge in [-0.3, -0.25) is 4.84 Å². The maximum absolute atomic E-state index is 8.92. The Hall–Kier alpha value is -1.60. The smallest absolute Gasteiger partial charge is 0.327 e. The van der Waals surface area contributed by atoms with Crippen molar-refractivity contribution in [3.63, 3.8) is 0 Å². The Labute approximate surface area is 66.5 Å². The zero-order valence-corrected chi connectivity index (χ0v) is 5.76. The first-order chi connectivity index (χ1) is 5.57. The summed E-state index contributed by atoms with van der Waals surface area (Å²) in [6.07, 6.45) is -1.51. The van der Waals surface area contributed by atoms with Gasteiger partial charge in [0.15, 0.2) is 0 Å². The van der Waals surface area contributed by atoms with Gasteiger partial charge in [0, 0.05) is 0 Å². The van der Waals surface area contributed by atoms with E-state index in [0.717, 1.165) is 0 Å². The molecule has 0 aromatic carbocycles. The molecular formula is C5H7NO6. The number of aliphatic hydroxyl groups is 4. The van der Waals surface area contributed by atoms with Crippen molar-refractivity contribution in [3.8, 4) is 0 Å². The average Bonchev–Trinajstić information content (AvgIpc) is 2.08. The molecule has 0 saturated heterocycles. The number of hydrogen-bond donors (Lipinski definition) is 5. The normalized spacial score (nSPS) is 24.2. The third-order valence-corrected chi connectivity index (χ3v) is 1.24. The highest BCUT2D eigenvalue weighted by Crippen LogP contribution is 2.23. The molecule has 12 heavy (non-hydrogen) atoms. The Bertz CT molecular complexity index is 257. The summed E-state index contributed by atoms with van der Waals surface area (Å²) in [7, 11) is 0. The third kappa shape index (κ3) is 1.11. The van der Waals surface area contributed by atoms with Gasteiger partial charge in [-0.2, -0.15) is 0 Å². The van der Waals surface area contributed by atoms with E-state index in [1.165, 1.54) is 0 Å². The first kappa shape index (κ1) is 8.50. The second-order valence-electron chi connectivity index (χ2n) is 1.97. The Kier molecular flexibility index (Phi) is 1.98. The lowest BCUT2D eigenvalue weighted by molar-refractivity contribution is -0.150. The largest absolute Gasteiger partial charge is 0.503 e. The molecule has 1 unspecified atom stereocenters. The minimum absolute atomic E-state index is 0.812. The van der Waals surface area contributed by atoms with Crippen LogP contribution in [-0.2, 0) is 9.57 Å². The molecule has 7 nitrogen and oxygen atoms in total. The van der Waals surface area contributed by atoms with Gasteiger partial charge in [0.25, 0.3) is 6.29 Å². The van der Waals surface area contributed by atoms with Gasteiger partial charge in [0.2, 0.25) is 17.3 Å². The molecule has 0 spiro atoms. The molecule has 0 aliphatic carbocycles. The minimum atomic E-state index is -1.51. The van der Waals surface area contributed by atoms with Crippen LogP contribution in [-0.4, -0.2) is 26.7 Å². The zero-order valence-electron chi connectivity index (χ0n) is 5.76. The summed E-state index contributed by atoms with van der Waals surface area (Å²) in [5, 5.41) is 35.3. The van der Waals surface area contributed by atoms with E-state index in [1.54, 1.807) is 0 Å². The number of nitrogens with two attached hydrogens (primary N) is 1. The molecule has 0 radical (unpaired) electrons. The van der Waals surface area contributed by atoms with Crippen LogP contribution in [0, 0.1) is 0 Å². The molecular weight excluding hydrogens is 170 g/mol. The molecule has 1 aliphatic rings. The van der Waals surface area contributed by atoms with Crippen molar-refractivity contribution < 1.29 is 30.0 Å². The minimum Gasteiger partial charge on any atom is -0.503 e. The molecule has 6 N–H and O–H groups in total. The van der Waals surface area contributed by atoms with Crippen LogP contribution in [0.4, 0.5) is 0 Å². The van der Waals surface area contributed by atoms with Gasteiger partial charge in [-0.1, -0.05) is 0 Å². The molecule has 0 fully saturated rings. The number of ether oxygens (including phenoxy) is 1. The number of aliphatic hydroxyl groups excluding tert-OH is 4. The SMILES string of the molecule is NOC1OC(O)=C(O)C(O)=C1O. The van der Waals surface area contributed by atoms with Crippen LogP contribution in [0.25, 0.3) is 0 Å². The summed E-state index contributed by atoms with van der Waals surface area (Å²) in [5.41, 5.74) is 0. The van der Waals surface area contributed by atoms with Gasteiger partial charge < -0.3 is 25.2 Å². The maximum Gasteiger partial charge on any atom is 0.327 e. The van der Waals surface area contributed by atoms with E-state index < -0.39 is 29.5 Å². The van der Waals surface area contributed by atoms with E-state index in [1.807, 2.05) is 0 Å². The van der Waals surface area contributed by atoms with Crippen molar-refractivity contribution in [1.82, 2.24) is 0 Å². The Balaban J connectivity index is 3.02. The van der Waals surface area contributed by atoms with Crippen LogP contribution >= 0.6 is 0 Å². The fraction of sp³-hybridized carbons (Fsp3) is 0.200. The Morgan fingerprint density at radius 3 is 2.25 bits per heavy atom. The van der Waals surface area contributed by atoms with Crippen LogP contribution in [0.5, 0.6) is 0 Å². The molecule has 1 atom stereocenters. The van der Waals surface area contributed by atoms with Crippen LogP contribution in [0.2, 0.25) is 0 Å². The first-order valence-electron chi connectivity index (χ1n) is 2.84. The molecule has 1 rings (SSSR count). The Morgan fingerprint density at radius 1 is 1.17 bits per heavy atom. The highest BCUT2D eigenvalue weighted by Gasteiger charge is 2.31. The van der Waals surface area contributed by atoms with Crippen molar-refractivity contribution in [2.24, 2.45) is 5.90 Å². The number of hydrogen-bond acceptors (Lipinski definition) is 7. The molecule has 0 saturated carbocycles. The topological polar surface area (TPSA) is 125 Å². The van der Waals surface area contributed by atoms with Gasteiger partial charge in [0.05, 0.1) is 0 Å². The highest BCUT2D eigenvalue weighted by atomic mass is 16.8. The molecule has 0 bridgehead atoms. The van der Waals surface area contributed by atoms with E-state index in [0.29, 0.717) is 0 Å². The Morgan fingerprint density at radius 2 is 1.75 bits per heavy atom. The second kappa shape index (κ2) is 2.80. The lowest BCUT2D eigenvalue weighted by Gasteiger charge is -2.20. The summed E-state index contributed by atoms with van der Waals surface area (Å²) in [5.74, 6) is 0.927. The van der Waals surface area contributed by atoms with Crippen molar-refractivity contribution in [1.29, 1.82) is 0 Å². The monoisotopic (exact) mass is 177 g/mol. The molecule has 1 aliphatic heterocycles. The van der Waals surface area contributed by atoms with E-state index >= 15 is 0 Å². The zero-order chi connectivity index (χ0) is 9.30. The molecule has 0 aromatic heterocycles. The summed E-state index contributed by atoms with van der Waals surface area (Å²) in [6.45, 7) is 0. The summed E-state index contributed by atoms with van der Waals surface area (Å²) >= 11 is 0. The lowest BCUT2D eigenvalue weighted by atomic mass is 10.3. The standard InChI is InChI=1S/C5H7NO6/c6-12-5-3(9)1(7)2(8)4(10)11-5/h5,7-10H,6H2. The maximum atomic E-state index is 8.92. The van der Waals surface area contributed by atoms with Gasteiger partial charge in [-0.15, -0.1) is 0 Å². The second-order valence-corrected chi connectivity index (χ2v) is 1.97. The lowest BCUT2D eigenvalue weighted by Crippen LogP contribution is -2.28. The van der Waals surface area contributed by atoms with Gasteiger partial charge >= 0.3 is 5.95 Å². The first-order valence-corrected chi connectivity index (χ1v) is 2.84. The fourth-order valence-corrected chi connectivity index (χ4v) is 0.639. The van der Waals surface area contributed by atoms with Crippen LogP contribution in [0.1, 0.15) is 0 Å². The number of rotatable bonds is 1. The van der Waals surface area contributed by atoms with Crippen molar-refractivity contribution in [3.05, 3.63) is 23.2 Å². The molecule has 0 aromatic rings. The predicted octanol–water partition coefficient (Wildman–Crippen LogP) is -0.154. The van der Waals surface area contributed by atoms with Gasteiger partial charge in [-0.25, -0.2) is 5.90 Å². The third-order valence-electron chi connectivity index (χ3n) is 1.24. The van der Waals surface area contributed by atoms with E-state index in [2.05, 4.69) is 15.5 Å². The molecule has 0 amide bonds. The van der Waals surface area contributed by atoms with Crippen molar-refractivity contribution >= 4 is 0 Å². The molecule has 7 heteroatoms. The van der Waals surface area contributed by atoms with Gasteiger partial charge in [-0.05, 0) is 0 Å². The van der Waals surface area contributed by atoms with Crippen LogP contribution < -0.4 is 5.90 Å². The average molecular weight is 177 g/mol. The predicted molar refractivity (Wildman–Crippen MR) is 34.7 cm³/mol. The summed E-state index contributed by atoms with van der Waals surface area (Å²) in [4.78, 5) is 4.00. The van der Waals surface area contributed by atoms with Crippen molar-refractivity contribution in [2.75, 3.05) is 0 Å². The van der Waals surface area contributed by atoms with E-state index in [9.17, 15) is 0 Å².